The van der Waals surface area contributed by atoms with E-state index in [4.69, 9.17) is 0 Å². The van der Waals surface area contributed by atoms with E-state index in [-0.39, 0.29) is 24.4 Å². The molecule has 0 atom stereocenters. The van der Waals surface area contributed by atoms with Gasteiger partial charge in [0.25, 0.3) is 0 Å². The Labute approximate surface area is 83.7 Å². The van der Waals surface area contributed by atoms with Crippen LogP contribution in [0.4, 0.5) is 0 Å². The van der Waals surface area contributed by atoms with Gasteiger partial charge in [-0.15, -0.1) is 0 Å². The van der Waals surface area contributed by atoms with E-state index in [9.17, 15) is 0 Å². The van der Waals surface area contributed by atoms with Gasteiger partial charge in [0.05, 0.1) is 0 Å². The minimum atomic E-state index is 0. The van der Waals surface area contributed by atoms with E-state index in [0.717, 1.165) is 0 Å². The third-order valence-electron chi connectivity index (χ3n) is 1.66. The minimum absolute atomic E-state index is 0. The summed E-state index contributed by atoms with van der Waals surface area (Å²) in [6, 6.07) is 16.7. The van der Waals surface area contributed by atoms with Crippen molar-refractivity contribution in [2.45, 2.75) is 0 Å². The van der Waals surface area contributed by atoms with Gasteiger partial charge in [0, 0.05) is 24.4 Å². The summed E-state index contributed by atoms with van der Waals surface area (Å²) in [5.41, 5.74) is 0. The Morgan fingerprint density at radius 1 is 0.545 bits per heavy atom. The zero-order valence-electron chi connectivity index (χ0n) is 6.07. The standard InChI is InChI=1S/C10H8.Sb/c1-2-6-10-8-4-3-7-9(10)5-1;/h1-8H;. The third kappa shape index (κ3) is 1.75. The second-order valence-corrected chi connectivity index (χ2v) is 2.35. The second kappa shape index (κ2) is 3.78. The van der Waals surface area contributed by atoms with Gasteiger partial charge in [-0.2, -0.15) is 0 Å². The summed E-state index contributed by atoms with van der Waals surface area (Å²) in [6.07, 6.45) is 0. The minimum Gasteiger partial charge on any atom is -0.0616 e. The van der Waals surface area contributed by atoms with Gasteiger partial charge in [0.15, 0.2) is 0 Å². The molecule has 2 aromatic carbocycles. The molecule has 0 aliphatic carbocycles. The zero-order chi connectivity index (χ0) is 6.81. The molecule has 0 aliphatic rings. The average molecular weight is 250 g/mol. The van der Waals surface area contributed by atoms with Crippen molar-refractivity contribution in [1.29, 1.82) is 0 Å². The van der Waals surface area contributed by atoms with Crippen LogP contribution in [0.5, 0.6) is 0 Å². The zero-order valence-corrected chi connectivity index (χ0v) is 8.62. The summed E-state index contributed by atoms with van der Waals surface area (Å²) in [5, 5.41) is 2.62. The van der Waals surface area contributed by atoms with Crippen molar-refractivity contribution in [3.8, 4) is 0 Å². The van der Waals surface area contributed by atoms with Crippen LogP contribution in [0.2, 0.25) is 0 Å². The van der Waals surface area contributed by atoms with Gasteiger partial charge >= 0.3 is 0 Å². The van der Waals surface area contributed by atoms with Crippen LogP contribution in [0.15, 0.2) is 48.5 Å². The van der Waals surface area contributed by atoms with Crippen molar-refractivity contribution in [2.75, 3.05) is 0 Å². The van der Waals surface area contributed by atoms with E-state index in [1.165, 1.54) is 10.8 Å². The molecule has 0 bridgehead atoms. The maximum atomic E-state index is 2.12. The fraction of sp³-hybridized carbons (Fsp3) is 0. The van der Waals surface area contributed by atoms with E-state index in [2.05, 4.69) is 48.5 Å². The summed E-state index contributed by atoms with van der Waals surface area (Å²) in [6.45, 7) is 0. The summed E-state index contributed by atoms with van der Waals surface area (Å²) < 4.78 is 0. The molecule has 0 aliphatic heterocycles. The van der Waals surface area contributed by atoms with E-state index in [1.807, 2.05) is 0 Å². The number of rotatable bonds is 0. The summed E-state index contributed by atoms with van der Waals surface area (Å²) >= 11 is 0. The molecule has 0 saturated heterocycles. The normalized spacial score (nSPS) is 9.09. The summed E-state index contributed by atoms with van der Waals surface area (Å²) in [7, 11) is 0. The smallest absolute Gasteiger partial charge is 0 e. The first kappa shape index (κ1) is 8.61. The Balaban J connectivity index is 0.000000605. The first-order valence-corrected chi connectivity index (χ1v) is 3.40. The molecule has 3 radical (unpaired) electrons. The quantitative estimate of drug-likeness (QED) is 0.630. The molecule has 2 aromatic rings. The molecule has 0 nitrogen and oxygen atoms in total. The third-order valence-corrected chi connectivity index (χ3v) is 1.66. The predicted molar refractivity (Wildman–Crippen MR) is 49.7 cm³/mol. The van der Waals surface area contributed by atoms with Crippen LogP contribution in [0.25, 0.3) is 10.8 Å². The molecule has 53 valence electrons. The van der Waals surface area contributed by atoms with Gasteiger partial charge in [0.2, 0.25) is 0 Å². The molecular formula is C10H8Sb. The monoisotopic (exact) mass is 249 g/mol. The Morgan fingerprint density at radius 2 is 0.818 bits per heavy atom. The van der Waals surface area contributed by atoms with Crippen LogP contribution in [0.1, 0.15) is 0 Å². The van der Waals surface area contributed by atoms with Crippen molar-refractivity contribution >= 4 is 35.2 Å². The molecule has 0 amide bonds. The maximum absolute atomic E-state index is 2.12. The topological polar surface area (TPSA) is 0 Å². The average Bonchev–Trinajstić information content (AvgIpc) is 2.05. The Morgan fingerprint density at radius 3 is 1.09 bits per heavy atom. The summed E-state index contributed by atoms with van der Waals surface area (Å²) in [5.74, 6) is 0. The molecule has 0 N–H and O–H groups in total. The molecule has 0 saturated carbocycles. The molecule has 0 heterocycles. The molecule has 11 heavy (non-hydrogen) atoms. The van der Waals surface area contributed by atoms with E-state index in [0.29, 0.717) is 0 Å². The Hall–Kier alpha value is -0.482. The number of fused-ring (bicyclic) bond motifs is 1. The predicted octanol–water partition coefficient (Wildman–Crippen LogP) is 2.46. The summed E-state index contributed by atoms with van der Waals surface area (Å²) in [4.78, 5) is 0. The number of hydrogen-bond acceptors (Lipinski definition) is 0. The Kier molecular flexibility index (Phi) is 2.96. The van der Waals surface area contributed by atoms with Gasteiger partial charge in [-0.25, -0.2) is 0 Å². The van der Waals surface area contributed by atoms with Crippen LogP contribution < -0.4 is 0 Å². The number of benzene rings is 2. The SMILES string of the molecule is [Sb].c1ccc2ccccc2c1. The van der Waals surface area contributed by atoms with Gasteiger partial charge in [-0.3, -0.25) is 0 Å². The molecule has 1 heteroatoms. The maximum Gasteiger partial charge on any atom is 0 e. The number of hydrogen-bond donors (Lipinski definition) is 0. The van der Waals surface area contributed by atoms with Crippen molar-refractivity contribution in [3.05, 3.63) is 48.5 Å². The molecule has 0 spiro atoms. The second-order valence-electron chi connectivity index (χ2n) is 2.35. The molecule has 0 unspecified atom stereocenters. The van der Waals surface area contributed by atoms with Crippen LogP contribution in [0, 0.1) is 0 Å². The van der Waals surface area contributed by atoms with E-state index < -0.39 is 0 Å². The molecule has 2 rings (SSSR count). The van der Waals surface area contributed by atoms with Crippen LogP contribution in [0.3, 0.4) is 0 Å². The van der Waals surface area contributed by atoms with Crippen LogP contribution >= 0.6 is 0 Å². The van der Waals surface area contributed by atoms with E-state index >= 15 is 0 Å². The van der Waals surface area contributed by atoms with Gasteiger partial charge in [-0.1, -0.05) is 48.5 Å². The molecule has 0 aromatic heterocycles. The van der Waals surface area contributed by atoms with Gasteiger partial charge in [0.1, 0.15) is 0 Å². The van der Waals surface area contributed by atoms with Crippen molar-refractivity contribution in [1.82, 2.24) is 0 Å². The van der Waals surface area contributed by atoms with Gasteiger partial charge < -0.3 is 0 Å². The first-order chi connectivity index (χ1) is 4.97. The van der Waals surface area contributed by atoms with Crippen LogP contribution in [-0.2, 0) is 0 Å². The van der Waals surface area contributed by atoms with Crippen LogP contribution in [-0.4, -0.2) is 24.4 Å². The van der Waals surface area contributed by atoms with Gasteiger partial charge in [-0.05, 0) is 10.8 Å². The van der Waals surface area contributed by atoms with Crippen molar-refractivity contribution in [2.24, 2.45) is 0 Å². The Bertz CT molecular complexity index is 276. The fourth-order valence-electron chi connectivity index (χ4n) is 1.13. The van der Waals surface area contributed by atoms with Crippen molar-refractivity contribution < 1.29 is 0 Å². The largest absolute Gasteiger partial charge is 0.0616 e. The molecule has 0 fully saturated rings. The van der Waals surface area contributed by atoms with Crippen molar-refractivity contribution in [3.63, 3.8) is 0 Å². The van der Waals surface area contributed by atoms with E-state index in [1.54, 1.807) is 0 Å². The fourth-order valence-corrected chi connectivity index (χ4v) is 1.13. The first-order valence-electron chi connectivity index (χ1n) is 3.40. The molecular weight excluding hydrogens is 242 g/mol.